The first-order valence-corrected chi connectivity index (χ1v) is 5.16. The number of ether oxygens (including phenoxy) is 1. The van der Waals surface area contributed by atoms with Crippen molar-refractivity contribution in [1.82, 2.24) is 4.98 Å². The first-order chi connectivity index (χ1) is 8.08. The van der Waals surface area contributed by atoms with Crippen LogP contribution in [-0.2, 0) is 11.2 Å². The van der Waals surface area contributed by atoms with E-state index in [9.17, 15) is 13.6 Å². The van der Waals surface area contributed by atoms with Crippen LogP contribution in [0.25, 0.3) is 10.9 Å². The smallest absolute Gasteiger partial charge is 0.340 e. The van der Waals surface area contributed by atoms with Crippen LogP contribution in [0, 0.1) is 11.6 Å². The summed E-state index contributed by atoms with van der Waals surface area (Å²) in [5.74, 6) is -2.04. The van der Waals surface area contributed by atoms with Gasteiger partial charge in [-0.2, -0.15) is 0 Å². The van der Waals surface area contributed by atoms with E-state index in [4.69, 9.17) is 0 Å². The third-order valence-electron chi connectivity index (χ3n) is 2.65. The highest BCUT2D eigenvalue weighted by Crippen LogP contribution is 2.26. The molecule has 1 aromatic carbocycles. The monoisotopic (exact) mass is 239 g/mol. The Hall–Kier alpha value is -1.91. The highest BCUT2D eigenvalue weighted by Gasteiger charge is 2.20. The van der Waals surface area contributed by atoms with Crippen LogP contribution in [0.1, 0.15) is 23.0 Å². The van der Waals surface area contributed by atoms with Crippen molar-refractivity contribution in [2.45, 2.75) is 13.3 Å². The maximum atomic E-state index is 13.5. The van der Waals surface area contributed by atoms with Crippen LogP contribution in [0.15, 0.2) is 12.1 Å². The number of benzene rings is 1. The van der Waals surface area contributed by atoms with Gasteiger partial charge in [0.05, 0.1) is 18.2 Å². The van der Waals surface area contributed by atoms with Crippen LogP contribution in [0.5, 0.6) is 0 Å². The Morgan fingerprint density at radius 3 is 2.71 bits per heavy atom. The number of methoxy groups -OCH3 is 1. The second kappa shape index (κ2) is 4.16. The number of halogens is 2. The number of rotatable bonds is 2. The number of carbonyl (C=O) groups excluding carboxylic acids is 1. The molecule has 0 aliphatic carbocycles. The lowest BCUT2D eigenvalue weighted by Crippen LogP contribution is -2.03. The van der Waals surface area contributed by atoms with E-state index in [1.165, 1.54) is 7.11 Å². The minimum atomic E-state index is -0.721. The van der Waals surface area contributed by atoms with Crippen molar-refractivity contribution in [2.24, 2.45) is 0 Å². The van der Waals surface area contributed by atoms with Crippen LogP contribution in [0.3, 0.4) is 0 Å². The average molecular weight is 239 g/mol. The molecule has 2 rings (SSSR count). The standard InChI is InChI=1S/C12H11F2NO2/c1-3-9-10(12(16)17-2)7-4-6(13)5-8(14)11(7)15-9/h4-5,15H,3H2,1-2H3. The van der Waals surface area contributed by atoms with E-state index in [1.54, 1.807) is 0 Å². The molecule has 0 amide bonds. The fourth-order valence-corrected chi connectivity index (χ4v) is 1.87. The fraction of sp³-hybridized carbons (Fsp3) is 0.250. The number of H-pyrrole nitrogens is 1. The summed E-state index contributed by atoms with van der Waals surface area (Å²) in [6.07, 6.45) is 0.500. The van der Waals surface area contributed by atoms with Crippen LogP contribution in [0.4, 0.5) is 8.78 Å². The molecule has 0 saturated carbocycles. The fourth-order valence-electron chi connectivity index (χ4n) is 1.87. The Kier molecular flexibility index (Phi) is 2.83. The summed E-state index contributed by atoms with van der Waals surface area (Å²) in [6.45, 7) is 1.81. The van der Waals surface area contributed by atoms with Crippen LogP contribution in [0.2, 0.25) is 0 Å². The number of aryl methyl sites for hydroxylation is 1. The number of carbonyl (C=O) groups is 1. The van der Waals surface area contributed by atoms with Gasteiger partial charge >= 0.3 is 5.97 Å². The Bertz CT molecular complexity index is 590. The number of nitrogens with one attached hydrogen (secondary N) is 1. The number of hydrogen-bond donors (Lipinski definition) is 1. The molecule has 0 radical (unpaired) electrons. The molecule has 0 bridgehead atoms. The van der Waals surface area contributed by atoms with E-state index >= 15 is 0 Å². The molecule has 0 spiro atoms. The first kappa shape index (κ1) is 11.6. The van der Waals surface area contributed by atoms with E-state index < -0.39 is 17.6 Å². The summed E-state index contributed by atoms with van der Waals surface area (Å²) < 4.78 is 31.3. The second-order valence-corrected chi connectivity index (χ2v) is 3.63. The van der Waals surface area contributed by atoms with Crippen molar-refractivity contribution >= 4 is 16.9 Å². The molecule has 3 nitrogen and oxygen atoms in total. The van der Waals surface area contributed by atoms with Gasteiger partial charge in [-0.05, 0) is 12.5 Å². The predicted molar refractivity (Wildman–Crippen MR) is 58.9 cm³/mol. The maximum Gasteiger partial charge on any atom is 0.340 e. The Balaban J connectivity index is 2.83. The van der Waals surface area contributed by atoms with E-state index in [-0.39, 0.29) is 16.5 Å². The molecule has 2 aromatic rings. The minimum absolute atomic E-state index is 0.128. The lowest BCUT2D eigenvalue weighted by Gasteiger charge is -2.00. The van der Waals surface area contributed by atoms with Crippen molar-refractivity contribution in [2.75, 3.05) is 7.11 Å². The van der Waals surface area contributed by atoms with Gasteiger partial charge in [-0.3, -0.25) is 0 Å². The van der Waals surface area contributed by atoms with Crippen molar-refractivity contribution in [3.8, 4) is 0 Å². The molecule has 1 heterocycles. The summed E-state index contributed by atoms with van der Waals surface area (Å²) in [5.41, 5.74) is 0.864. The van der Waals surface area contributed by atoms with Gasteiger partial charge in [-0.15, -0.1) is 0 Å². The largest absolute Gasteiger partial charge is 0.465 e. The van der Waals surface area contributed by atoms with Gasteiger partial charge in [0.25, 0.3) is 0 Å². The molecule has 5 heteroatoms. The van der Waals surface area contributed by atoms with E-state index in [0.29, 0.717) is 12.1 Å². The molecule has 1 aromatic heterocycles. The minimum Gasteiger partial charge on any atom is -0.465 e. The number of fused-ring (bicyclic) bond motifs is 1. The van der Waals surface area contributed by atoms with Gasteiger partial charge in [0, 0.05) is 17.1 Å². The third-order valence-corrected chi connectivity index (χ3v) is 2.65. The number of esters is 1. The normalized spacial score (nSPS) is 10.8. The molecule has 0 aliphatic rings. The van der Waals surface area contributed by atoms with Crippen molar-refractivity contribution in [1.29, 1.82) is 0 Å². The van der Waals surface area contributed by atoms with Gasteiger partial charge in [-0.1, -0.05) is 6.92 Å². The van der Waals surface area contributed by atoms with Crippen LogP contribution in [-0.4, -0.2) is 18.1 Å². The van der Waals surface area contributed by atoms with Gasteiger partial charge in [0.15, 0.2) is 0 Å². The molecule has 0 aliphatic heterocycles. The third kappa shape index (κ3) is 1.77. The number of aromatic amines is 1. The van der Waals surface area contributed by atoms with E-state index in [1.807, 2.05) is 6.92 Å². The zero-order valence-corrected chi connectivity index (χ0v) is 9.43. The molecule has 0 atom stereocenters. The average Bonchev–Trinajstić information content (AvgIpc) is 2.66. The lowest BCUT2D eigenvalue weighted by atomic mass is 10.1. The van der Waals surface area contributed by atoms with Crippen LogP contribution < -0.4 is 0 Å². The zero-order valence-electron chi connectivity index (χ0n) is 9.43. The quantitative estimate of drug-likeness (QED) is 0.819. The maximum absolute atomic E-state index is 13.5. The Labute approximate surface area is 96.4 Å². The van der Waals surface area contributed by atoms with Crippen molar-refractivity contribution < 1.29 is 18.3 Å². The Morgan fingerprint density at radius 2 is 2.12 bits per heavy atom. The van der Waals surface area contributed by atoms with Crippen molar-refractivity contribution in [3.05, 3.63) is 35.0 Å². The molecule has 0 fully saturated rings. The molecule has 90 valence electrons. The van der Waals surface area contributed by atoms with Gasteiger partial charge in [0.1, 0.15) is 11.6 Å². The van der Waals surface area contributed by atoms with E-state index in [0.717, 1.165) is 12.1 Å². The summed E-state index contributed by atoms with van der Waals surface area (Å²) in [7, 11) is 1.23. The van der Waals surface area contributed by atoms with Crippen molar-refractivity contribution in [3.63, 3.8) is 0 Å². The van der Waals surface area contributed by atoms with Crippen LogP contribution >= 0.6 is 0 Å². The highest BCUT2D eigenvalue weighted by atomic mass is 19.1. The SMILES string of the molecule is CCc1[nH]c2c(F)cc(F)cc2c1C(=O)OC. The Morgan fingerprint density at radius 1 is 1.41 bits per heavy atom. The van der Waals surface area contributed by atoms with Gasteiger partial charge in [-0.25, -0.2) is 13.6 Å². The molecular formula is C12H11F2NO2. The summed E-state index contributed by atoms with van der Waals surface area (Å²) >= 11 is 0. The highest BCUT2D eigenvalue weighted by molar-refractivity contribution is 6.05. The first-order valence-electron chi connectivity index (χ1n) is 5.16. The molecule has 0 unspecified atom stereocenters. The number of aromatic nitrogens is 1. The summed E-state index contributed by atoms with van der Waals surface area (Å²) in [4.78, 5) is 14.4. The molecular weight excluding hydrogens is 228 g/mol. The zero-order chi connectivity index (χ0) is 12.6. The topological polar surface area (TPSA) is 42.1 Å². The molecule has 0 saturated heterocycles. The van der Waals surface area contributed by atoms with Gasteiger partial charge in [0.2, 0.25) is 0 Å². The summed E-state index contributed by atoms with van der Waals surface area (Å²) in [6, 6.07) is 1.90. The van der Waals surface area contributed by atoms with E-state index in [2.05, 4.69) is 9.72 Å². The predicted octanol–water partition coefficient (Wildman–Crippen LogP) is 2.80. The number of hydrogen-bond acceptors (Lipinski definition) is 2. The lowest BCUT2D eigenvalue weighted by molar-refractivity contribution is 0.0602. The molecule has 1 N–H and O–H groups in total. The summed E-state index contributed by atoms with van der Waals surface area (Å²) in [5, 5.41) is 0.214. The molecule has 17 heavy (non-hydrogen) atoms. The van der Waals surface area contributed by atoms with Gasteiger partial charge < -0.3 is 9.72 Å². The second-order valence-electron chi connectivity index (χ2n) is 3.63.